The summed E-state index contributed by atoms with van der Waals surface area (Å²) in [4.78, 5) is 32.4. The van der Waals surface area contributed by atoms with Crippen LogP contribution in [0.2, 0.25) is 0 Å². The largest absolute Gasteiger partial charge is 0.320 e. The Kier molecular flexibility index (Phi) is 7.53. The molecule has 1 N–H and O–H groups in total. The zero-order chi connectivity index (χ0) is 27.0. The van der Waals surface area contributed by atoms with E-state index in [4.69, 9.17) is 0 Å². The zero-order valence-corrected chi connectivity index (χ0v) is 21.4. The number of aryl methyl sites for hydroxylation is 3. The summed E-state index contributed by atoms with van der Waals surface area (Å²) >= 11 is 2.29. The molecular formula is C26H20F5N3O2S2. The van der Waals surface area contributed by atoms with Crippen molar-refractivity contribution in [3.63, 3.8) is 0 Å². The molecular weight excluding hydrogens is 545 g/mol. The molecule has 0 spiro atoms. The average molecular weight is 566 g/mol. The molecule has 2 aromatic carbocycles. The van der Waals surface area contributed by atoms with Crippen LogP contribution in [0.15, 0.2) is 40.3 Å². The van der Waals surface area contributed by atoms with Crippen molar-refractivity contribution in [2.45, 2.75) is 43.8 Å². The van der Waals surface area contributed by atoms with Crippen LogP contribution in [0.25, 0.3) is 10.2 Å². The Morgan fingerprint density at radius 3 is 2.34 bits per heavy atom. The molecule has 0 radical (unpaired) electrons. The Labute approximate surface area is 221 Å². The number of thioether (sulfide) groups is 1. The van der Waals surface area contributed by atoms with E-state index >= 15 is 0 Å². The molecule has 0 saturated carbocycles. The summed E-state index contributed by atoms with van der Waals surface area (Å²) in [5.74, 6) is -12.4. The fourth-order valence-corrected chi connectivity index (χ4v) is 6.56. The van der Waals surface area contributed by atoms with Crippen LogP contribution in [0, 0.1) is 29.1 Å². The molecule has 0 fully saturated rings. The monoisotopic (exact) mass is 565 g/mol. The predicted octanol–water partition coefficient (Wildman–Crippen LogP) is 6.01. The maximum Gasteiger partial charge on any atom is 0.263 e. The summed E-state index contributed by atoms with van der Waals surface area (Å²) < 4.78 is 69.8. The first-order valence-electron chi connectivity index (χ1n) is 11.8. The Morgan fingerprint density at radius 1 is 0.974 bits per heavy atom. The van der Waals surface area contributed by atoms with Crippen LogP contribution in [0.1, 0.15) is 28.8 Å². The van der Waals surface area contributed by atoms with E-state index in [2.05, 4.69) is 4.98 Å². The van der Waals surface area contributed by atoms with Crippen LogP contribution in [-0.4, -0.2) is 21.2 Å². The SMILES string of the molecule is O=C(CSc1nc2sc3c(c2c(=O)n1CCc1ccccc1)CCCC3)Nc1c(F)c(F)c(F)c(F)c1F. The highest BCUT2D eigenvalue weighted by atomic mass is 32.2. The molecule has 5 nitrogen and oxygen atoms in total. The second-order valence-electron chi connectivity index (χ2n) is 8.76. The van der Waals surface area contributed by atoms with Crippen LogP contribution in [0.3, 0.4) is 0 Å². The summed E-state index contributed by atoms with van der Waals surface area (Å²) in [5.41, 5.74) is 0.352. The first kappa shape index (κ1) is 26.4. The lowest BCUT2D eigenvalue weighted by Gasteiger charge is -2.14. The zero-order valence-electron chi connectivity index (χ0n) is 19.8. The van der Waals surface area contributed by atoms with E-state index in [1.54, 1.807) is 5.32 Å². The fraction of sp³-hybridized carbons (Fsp3) is 0.269. The normalized spacial score (nSPS) is 13.1. The van der Waals surface area contributed by atoms with Gasteiger partial charge >= 0.3 is 0 Å². The molecule has 2 aromatic heterocycles. The lowest BCUT2D eigenvalue weighted by atomic mass is 9.97. The third-order valence-electron chi connectivity index (χ3n) is 6.31. The highest BCUT2D eigenvalue weighted by Crippen LogP contribution is 2.35. The van der Waals surface area contributed by atoms with Crippen molar-refractivity contribution in [2.24, 2.45) is 0 Å². The number of hydrogen-bond donors (Lipinski definition) is 1. The minimum Gasteiger partial charge on any atom is -0.320 e. The molecule has 0 bridgehead atoms. The van der Waals surface area contributed by atoms with E-state index < -0.39 is 46.4 Å². The van der Waals surface area contributed by atoms with Crippen molar-refractivity contribution >= 4 is 44.9 Å². The minimum atomic E-state index is -2.31. The number of rotatable bonds is 7. The highest BCUT2D eigenvalue weighted by molar-refractivity contribution is 7.99. The molecule has 0 atom stereocenters. The van der Waals surface area contributed by atoms with Gasteiger partial charge in [-0.25, -0.2) is 26.9 Å². The third-order valence-corrected chi connectivity index (χ3v) is 8.48. The molecule has 0 aliphatic heterocycles. The van der Waals surface area contributed by atoms with E-state index in [1.807, 2.05) is 30.3 Å². The fourth-order valence-electron chi connectivity index (χ4n) is 4.43. The van der Waals surface area contributed by atoms with Crippen LogP contribution >= 0.6 is 23.1 Å². The number of carbonyl (C=O) groups is 1. The molecule has 38 heavy (non-hydrogen) atoms. The number of halogens is 5. The number of aromatic nitrogens is 2. The van der Waals surface area contributed by atoms with Gasteiger partial charge in [-0.15, -0.1) is 11.3 Å². The topological polar surface area (TPSA) is 64.0 Å². The molecule has 12 heteroatoms. The van der Waals surface area contributed by atoms with Gasteiger partial charge in [0, 0.05) is 11.4 Å². The number of anilines is 1. The van der Waals surface area contributed by atoms with Crippen LogP contribution < -0.4 is 10.9 Å². The van der Waals surface area contributed by atoms with E-state index in [9.17, 15) is 31.5 Å². The Morgan fingerprint density at radius 2 is 1.63 bits per heavy atom. The van der Waals surface area contributed by atoms with Gasteiger partial charge in [0.05, 0.1) is 11.1 Å². The van der Waals surface area contributed by atoms with Crippen molar-refractivity contribution in [3.8, 4) is 0 Å². The van der Waals surface area contributed by atoms with Crippen molar-refractivity contribution in [1.29, 1.82) is 0 Å². The Balaban J connectivity index is 1.44. The summed E-state index contributed by atoms with van der Waals surface area (Å²) in [6, 6.07) is 9.50. The number of amides is 1. The van der Waals surface area contributed by atoms with E-state index in [0.29, 0.717) is 16.6 Å². The average Bonchev–Trinajstić information content (AvgIpc) is 3.31. The molecule has 1 aliphatic rings. The Bertz CT molecular complexity index is 1580. The number of benzene rings is 2. The Hall–Kier alpha value is -3.25. The maximum absolute atomic E-state index is 14.0. The number of thiophene rings is 1. The quantitative estimate of drug-likeness (QED) is 0.0981. The van der Waals surface area contributed by atoms with Gasteiger partial charge in [-0.1, -0.05) is 42.1 Å². The van der Waals surface area contributed by atoms with Crippen LogP contribution in [0.5, 0.6) is 0 Å². The summed E-state index contributed by atoms with van der Waals surface area (Å²) in [6.45, 7) is 0.276. The molecule has 0 unspecified atom stereocenters. The van der Waals surface area contributed by atoms with Crippen molar-refractivity contribution < 1.29 is 26.7 Å². The van der Waals surface area contributed by atoms with Crippen molar-refractivity contribution in [2.75, 3.05) is 11.1 Å². The van der Waals surface area contributed by atoms with Crippen LogP contribution in [-0.2, 0) is 30.6 Å². The molecule has 2 heterocycles. The summed E-state index contributed by atoms with van der Waals surface area (Å²) in [5, 5.41) is 2.56. The van der Waals surface area contributed by atoms with Gasteiger partial charge < -0.3 is 5.32 Å². The lowest BCUT2D eigenvalue weighted by molar-refractivity contribution is -0.113. The molecule has 5 rings (SSSR count). The second-order valence-corrected chi connectivity index (χ2v) is 10.8. The van der Waals surface area contributed by atoms with E-state index in [0.717, 1.165) is 53.4 Å². The number of nitrogens with one attached hydrogen (secondary N) is 1. The summed E-state index contributed by atoms with van der Waals surface area (Å²) in [6.07, 6.45) is 4.19. The van der Waals surface area contributed by atoms with Gasteiger partial charge in [0.15, 0.2) is 28.4 Å². The smallest absolute Gasteiger partial charge is 0.263 e. The van der Waals surface area contributed by atoms with Crippen LogP contribution in [0.4, 0.5) is 27.6 Å². The van der Waals surface area contributed by atoms with Gasteiger partial charge in [0.1, 0.15) is 10.5 Å². The first-order chi connectivity index (χ1) is 18.3. The van der Waals surface area contributed by atoms with Gasteiger partial charge in [0.25, 0.3) is 5.56 Å². The van der Waals surface area contributed by atoms with Crippen molar-refractivity contribution in [1.82, 2.24) is 9.55 Å². The van der Waals surface area contributed by atoms with Gasteiger partial charge in [-0.05, 0) is 43.2 Å². The lowest BCUT2D eigenvalue weighted by Crippen LogP contribution is -2.25. The number of carbonyl (C=O) groups excluding carboxylic acids is 1. The summed E-state index contributed by atoms with van der Waals surface area (Å²) in [7, 11) is 0. The van der Waals surface area contributed by atoms with E-state index in [-0.39, 0.29) is 17.3 Å². The minimum absolute atomic E-state index is 0.226. The van der Waals surface area contributed by atoms with Gasteiger partial charge in [-0.2, -0.15) is 0 Å². The van der Waals surface area contributed by atoms with Gasteiger partial charge in [-0.3, -0.25) is 14.2 Å². The predicted molar refractivity (Wildman–Crippen MR) is 136 cm³/mol. The third kappa shape index (κ3) is 4.94. The molecule has 1 aliphatic carbocycles. The molecule has 0 saturated heterocycles. The molecule has 4 aromatic rings. The molecule has 198 valence electrons. The van der Waals surface area contributed by atoms with E-state index in [1.165, 1.54) is 15.9 Å². The standard InChI is InChI=1S/C26H20F5N3O2S2/c27-18-19(28)21(30)23(22(31)20(18)29)32-16(35)12-37-26-33-24-17(14-8-4-5-9-15(14)38-24)25(36)34(26)11-10-13-6-2-1-3-7-13/h1-3,6-7H,4-5,8-12H2,(H,32,35). The number of hydrogen-bond acceptors (Lipinski definition) is 5. The van der Waals surface area contributed by atoms with Gasteiger partial charge in [0.2, 0.25) is 11.7 Å². The highest BCUT2D eigenvalue weighted by Gasteiger charge is 2.27. The number of fused-ring (bicyclic) bond motifs is 3. The first-order valence-corrected chi connectivity index (χ1v) is 13.6. The number of nitrogens with zero attached hydrogens (tertiary/aromatic N) is 2. The van der Waals surface area contributed by atoms with Crippen molar-refractivity contribution in [3.05, 3.63) is 85.8 Å². The maximum atomic E-state index is 14.0. The second kappa shape index (κ2) is 10.9. The molecule has 1 amide bonds.